The first kappa shape index (κ1) is 27.1. The summed E-state index contributed by atoms with van der Waals surface area (Å²) in [5.74, 6) is -2.81. The summed E-state index contributed by atoms with van der Waals surface area (Å²) >= 11 is 0. The third-order valence-corrected chi connectivity index (χ3v) is 2.68. The van der Waals surface area contributed by atoms with Gasteiger partial charge in [-0.2, -0.15) is 0 Å². The van der Waals surface area contributed by atoms with Gasteiger partial charge in [-0.1, -0.05) is 20.3 Å². The lowest BCUT2D eigenvalue weighted by atomic mass is 10.1. The highest BCUT2D eigenvalue weighted by Gasteiger charge is 2.14. The molecule has 0 saturated carbocycles. The number of nitrogens with two attached hydrogens (primary N) is 4. The number of carboxylic acid groups (broad SMARTS) is 3. The molecule has 0 fully saturated rings. The Hall–Kier alpha value is -1.75. The Morgan fingerprint density at radius 2 is 1.25 bits per heavy atom. The Morgan fingerprint density at radius 1 is 0.833 bits per heavy atom. The van der Waals surface area contributed by atoms with E-state index in [0.29, 0.717) is 13.0 Å². The molecule has 0 aromatic heterocycles. The van der Waals surface area contributed by atoms with Crippen LogP contribution in [0.25, 0.3) is 0 Å². The number of carbonyl (C=O) groups is 3. The lowest BCUT2D eigenvalue weighted by Crippen LogP contribution is -2.34. The molecule has 0 aromatic carbocycles. The van der Waals surface area contributed by atoms with Gasteiger partial charge in [-0.3, -0.25) is 14.4 Å². The lowest BCUT2D eigenvalue weighted by Gasteiger charge is -2.07. The largest absolute Gasteiger partial charge is 0.480 e. The van der Waals surface area contributed by atoms with Crippen LogP contribution in [-0.4, -0.2) is 57.9 Å². The summed E-state index contributed by atoms with van der Waals surface area (Å²) in [6, 6.07) is -2.16. The number of aliphatic carboxylic acids is 3. The molecule has 144 valence electrons. The summed E-state index contributed by atoms with van der Waals surface area (Å²) < 4.78 is 0. The topological polar surface area (TPSA) is 216 Å². The molecular weight excluding hydrogens is 320 g/mol. The van der Waals surface area contributed by atoms with Crippen LogP contribution in [0.4, 0.5) is 0 Å². The highest BCUT2D eigenvalue weighted by molar-refractivity contribution is 5.73. The zero-order valence-electron chi connectivity index (χ0n) is 14.5. The molecule has 0 aliphatic heterocycles. The van der Waals surface area contributed by atoms with Crippen molar-refractivity contribution in [3.63, 3.8) is 0 Å². The van der Waals surface area contributed by atoms with Crippen molar-refractivity contribution in [3.8, 4) is 0 Å². The van der Waals surface area contributed by atoms with Crippen molar-refractivity contribution >= 4 is 17.9 Å². The molecule has 0 bridgehead atoms. The monoisotopic (exact) mass is 352 g/mol. The minimum atomic E-state index is -0.963. The molecule has 10 heteroatoms. The molecule has 0 heterocycles. The molecule has 0 spiro atoms. The van der Waals surface area contributed by atoms with Crippen molar-refractivity contribution in [2.75, 3.05) is 6.54 Å². The van der Waals surface area contributed by atoms with Crippen molar-refractivity contribution in [1.82, 2.24) is 0 Å². The number of hydrogen-bond acceptors (Lipinski definition) is 7. The first-order chi connectivity index (χ1) is 10.9. The molecule has 3 unspecified atom stereocenters. The first-order valence-electron chi connectivity index (χ1n) is 7.53. The smallest absolute Gasteiger partial charge is 0.320 e. The third kappa shape index (κ3) is 20.2. The van der Waals surface area contributed by atoms with E-state index in [1.54, 1.807) is 13.8 Å². The van der Waals surface area contributed by atoms with Crippen LogP contribution in [-0.2, 0) is 14.4 Å². The van der Waals surface area contributed by atoms with Crippen molar-refractivity contribution < 1.29 is 29.7 Å². The van der Waals surface area contributed by atoms with E-state index in [-0.39, 0.29) is 5.92 Å². The van der Waals surface area contributed by atoms with Crippen LogP contribution in [0.1, 0.15) is 40.0 Å². The van der Waals surface area contributed by atoms with Crippen LogP contribution in [0.2, 0.25) is 0 Å². The Kier molecular flexibility index (Phi) is 18.2. The molecule has 10 nitrogen and oxygen atoms in total. The van der Waals surface area contributed by atoms with Gasteiger partial charge in [0.2, 0.25) is 0 Å². The van der Waals surface area contributed by atoms with Gasteiger partial charge in [-0.25, -0.2) is 0 Å². The van der Waals surface area contributed by atoms with Crippen molar-refractivity contribution in [2.24, 2.45) is 28.9 Å². The van der Waals surface area contributed by atoms with Gasteiger partial charge in [0.05, 0.1) is 0 Å². The highest BCUT2D eigenvalue weighted by Crippen LogP contribution is 1.97. The second-order valence-corrected chi connectivity index (χ2v) is 5.46. The summed E-state index contributed by atoms with van der Waals surface area (Å²) in [5, 5.41) is 24.4. The molecule has 3 atom stereocenters. The molecule has 0 aliphatic carbocycles. The van der Waals surface area contributed by atoms with Gasteiger partial charge >= 0.3 is 17.9 Å². The zero-order chi connectivity index (χ0) is 19.9. The van der Waals surface area contributed by atoms with Gasteiger partial charge in [-0.15, -0.1) is 0 Å². The van der Waals surface area contributed by atoms with E-state index in [2.05, 4.69) is 0 Å². The van der Waals surface area contributed by atoms with Crippen LogP contribution in [0, 0.1) is 5.92 Å². The fourth-order valence-corrected chi connectivity index (χ4v) is 0.917. The molecule has 0 radical (unpaired) electrons. The molecular formula is C14H32N4O6. The van der Waals surface area contributed by atoms with E-state index in [9.17, 15) is 14.4 Å². The van der Waals surface area contributed by atoms with Gasteiger partial charge in [0.25, 0.3) is 0 Å². The summed E-state index contributed by atoms with van der Waals surface area (Å²) in [6.45, 7) is 5.58. The summed E-state index contributed by atoms with van der Waals surface area (Å²) in [6.07, 6.45) is 2.16. The van der Waals surface area contributed by atoms with Gasteiger partial charge < -0.3 is 38.3 Å². The van der Waals surface area contributed by atoms with Crippen LogP contribution in [0.15, 0.2) is 0 Å². The Labute approximate surface area is 142 Å². The first-order valence-corrected chi connectivity index (χ1v) is 7.53. The molecule has 0 rings (SSSR count). The zero-order valence-corrected chi connectivity index (χ0v) is 14.5. The highest BCUT2D eigenvalue weighted by atomic mass is 16.4. The number of carboxylic acids is 3. The van der Waals surface area contributed by atoms with E-state index >= 15 is 0 Å². The maximum absolute atomic E-state index is 10.1. The van der Waals surface area contributed by atoms with E-state index in [1.165, 1.54) is 6.92 Å². The standard InChI is InChI=1S/C6H14N2O2.C5H11NO2.C3H7NO2/c7-4-2-1-3-5(8)6(9)10;1-3(2)4(6)5(7)8;1-2(4)3(5)6/h5H,1-4,7-8H2,(H,9,10);3-4H,6H2,1-2H3,(H,7,8);2H,4H2,1H3,(H,5,6). The Bertz CT molecular complexity index is 363. The number of hydrogen-bond donors (Lipinski definition) is 7. The van der Waals surface area contributed by atoms with Gasteiger partial charge in [0, 0.05) is 0 Å². The molecule has 0 amide bonds. The minimum Gasteiger partial charge on any atom is -0.480 e. The van der Waals surface area contributed by atoms with Crippen molar-refractivity contribution in [1.29, 1.82) is 0 Å². The maximum atomic E-state index is 10.1. The van der Waals surface area contributed by atoms with Gasteiger partial charge in [0.1, 0.15) is 18.1 Å². The lowest BCUT2D eigenvalue weighted by molar-refractivity contribution is -0.140. The summed E-state index contributed by atoms with van der Waals surface area (Å²) in [5.41, 5.74) is 20.4. The predicted octanol–water partition coefficient (Wildman–Crippen LogP) is -1.00. The molecule has 24 heavy (non-hydrogen) atoms. The SMILES string of the molecule is CC(C)C(N)C(=O)O.CC(N)C(=O)O.NCCCCC(N)C(=O)O. The van der Waals surface area contributed by atoms with Crippen LogP contribution in [0.3, 0.4) is 0 Å². The Balaban J connectivity index is -0.000000285. The van der Waals surface area contributed by atoms with E-state index in [0.717, 1.165) is 12.8 Å². The summed E-state index contributed by atoms with van der Waals surface area (Å²) in [7, 11) is 0. The number of unbranched alkanes of at least 4 members (excludes halogenated alkanes) is 1. The number of rotatable bonds is 8. The van der Waals surface area contributed by atoms with Crippen LogP contribution >= 0.6 is 0 Å². The average Bonchev–Trinajstić information content (AvgIpc) is 2.47. The molecule has 11 N–H and O–H groups in total. The fourth-order valence-electron chi connectivity index (χ4n) is 0.917. The van der Waals surface area contributed by atoms with Crippen molar-refractivity contribution in [2.45, 2.75) is 58.2 Å². The quantitative estimate of drug-likeness (QED) is 0.264. The summed E-state index contributed by atoms with van der Waals surface area (Å²) in [4.78, 5) is 29.7. The Morgan fingerprint density at radius 3 is 1.42 bits per heavy atom. The van der Waals surface area contributed by atoms with Gasteiger partial charge in [-0.05, 0) is 32.2 Å². The van der Waals surface area contributed by atoms with Crippen LogP contribution in [0.5, 0.6) is 0 Å². The second-order valence-electron chi connectivity index (χ2n) is 5.46. The fraction of sp³-hybridized carbons (Fsp3) is 0.786. The van der Waals surface area contributed by atoms with E-state index < -0.39 is 36.0 Å². The molecule has 0 aromatic rings. The van der Waals surface area contributed by atoms with Crippen molar-refractivity contribution in [3.05, 3.63) is 0 Å². The normalized spacial score (nSPS) is 13.5. The van der Waals surface area contributed by atoms with E-state index in [1.807, 2.05) is 0 Å². The third-order valence-electron chi connectivity index (χ3n) is 2.68. The maximum Gasteiger partial charge on any atom is 0.320 e. The predicted molar refractivity (Wildman–Crippen MR) is 90.3 cm³/mol. The van der Waals surface area contributed by atoms with Crippen LogP contribution < -0.4 is 22.9 Å². The molecule has 0 saturated heterocycles. The second kappa shape index (κ2) is 16.1. The minimum absolute atomic E-state index is 0.0208. The average molecular weight is 352 g/mol. The molecule has 0 aliphatic rings. The van der Waals surface area contributed by atoms with E-state index in [4.69, 9.17) is 38.3 Å². The van der Waals surface area contributed by atoms with Gasteiger partial charge in [0.15, 0.2) is 0 Å².